The molecule has 0 saturated carbocycles. The molecule has 0 aromatic carbocycles. The monoisotopic (exact) mass is 706 g/mol. The van der Waals surface area contributed by atoms with Crippen molar-refractivity contribution < 1.29 is 87.8 Å². The molecule has 41 heavy (non-hydrogen) atoms. The highest BCUT2D eigenvalue weighted by molar-refractivity contribution is 7.83. The van der Waals surface area contributed by atoms with Gasteiger partial charge in [0, 0.05) is 6.92 Å². The lowest BCUT2D eigenvalue weighted by Gasteiger charge is -2.38. The Morgan fingerprint density at radius 1 is 0.585 bits per heavy atom. The van der Waals surface area contributed by atoms with Gasteiger partial charge in [0.2, 0.25) is 0 Å². The first-order valence-corrected chi connectivity index (χ1v) is 10.8. The Morgan fingerprint density at radius 2 is 0.902 bits per heavy atom. The summed E-state index contributed by atoms with van der Waals surface area (Å²) in [6, 6.07) is 0. The molecule has 2 nitrogen and oxygen atoms in total. The maximum atomic E-state index is 14.2. The number of imidazole rings is 1. The van der Waals surface area contributed by atoms with E-state index in [-0.39, 0.29) is 0 Å². The van der Waals surface area contributed by atoms with E-state index in [1.54, 1.807) is 0 Å². The number of rotatable bonds is 11. The molecule has 242 valence electrons. The second-order valence-corrected chi connectivity index (χ2v) is 9.44. The summed E-state index contributed by atoms with van der Waals surface area (Å²) in [5.74, 6) is -55.8. The van der Waals surface area contributed by atoms with Crippen LogP contribution in [0.25, 0.3) is 0 Å². The molecule has 0 aliphatic heterocycles. The fourth-order valence-electron chi connectivity index (χ4n) is 2.76. The molecular formula is C16H10F20N2S3. The quantitative estimate of drug-likeness (QED) is 0.133. The summed E-state index contributed by atoms with van der Waals surface area (Å²) < 4.78 is 265. The molecular weight excluding hydrogens is 696 g/mol. The Kier molecular flexibility index (Phi) is 9.60. The third kappa shape index (κ3) is 5.82. The molecule has 0 bridgehead atoms. The van der Waals surface area contributed by atoms with Crippen molar-refractivity contribution >= 4 is 37.5 Å². The Labute approximate surface area is 229 Å². The molecule has 1 heterocycles. The van der Waals surface area contributed by atoms with Crippen molar-refractivity contribution in [2.24, 2.45) is 0 Å². The molecule has 1 aromatic rings. The SMILES string of the molecule is CC(F)(F)C(F)(F)C(F)(F)C(F)(F)C(F)(F)Cn1c(S)c(S)n(CC(F)(F)C(F)(F)C(F)(F)C(F)C(F)(F)F)c1=S. The standard InChI is InChI=1S/C16H10F20N2S3/c1-8(18,19)13(29,30)16(35,36)15(33,34)10(22,23)3-38-5(40)4(39)37(7(38)41)2-9(20,21)14(31,32)11(24,25)6(17)12(26,27)28/h6,39-40H,2-3H2,1H3. The summed E-state index contributed by atoms with van der Waals surface area (Å²) in [5.41, 5.74) is 0. The average molecular weight is 706 g/mol. The van der Waals surface area contributed by atoms with E-state index >= 15 is 0 Å². The van der Waals surface area contributed by atoms with Gasteiger partial charge < -0.3 is 9.13 Å². The first kappa shape index (κ1) is 37.8. The first-order valence-electron chi connectivity index (χ1n) is 9.52. The number of alkyl halides is 20. The molecule has 0 spiro atoms. The second-order valence-electron chi connectivity index (χ2n) is 8.22. The van der Waals surface area contributed by atoms with Crippen LogP contribution >= 0.6 is 37.5 Å². The van der Waals surface area contributed by atoms with Gasteiger partial charge in [0.15, 0.2) is 4.77 Å². The molecule has 0 N–H and O–H groups in total. The highest BCUT2D eigenvalue weighted by Crippen LogP contribution is 2.57. The van der Waals surface area contributed by atoms with Crippen LogP contribution in [0.2, 0.25) is 0 Å². The number of nitrogens with zero attached hydrogens (tertiary/aromatic N) is 2. The van der Waals surface area contributed by atoms with E-state index in [2.05, 4.69) is 37.5 Å². The van der Waals surface area contributed by atoms with Crippen LogP contribution in [0, 0.1) is 4.77 Å². The zero-order valence-corrected chi connectivity index (χ0v) is 21.4. The van der Waals surface area contributed by atoms with Crippen LogP contribution in [-0.2, 0) is 13.1 Å². The van der Waals surface area contributed by atoms with Gasteiger partial charge in [-0.15, -0.1) is 25.3 Å². The lowest BCUT2D eigenvalue weighted by Crippen LogP contribution is -2.67. The number of thiol groups is 2. The predicted molar refractivity (Wildman–Crippen MR) is 104 cm³/mol. The summed E-state index contributed by atoms with van der Waals surface area (Å²) in [6.45, 7) is -7.28. The van der Waals surface area contributed by atoms with Crippen LogP contribution in [0.4, 0.5) is 87.8 Å². The van der Waals surface area contributed by atoms with Crippen molar-refractivity contribution in [3.63, 3.8) is 0 Å². The Hall–Kier alpha value is -1.27. The first-order chi connectivity index (χ1) is 17.6. The van der Waals surface area contributed by atoms with Crippen LogP contribution in [0.3, 0.4) is 0 Å². The van der Waals surface area contributed by atoms with Gasteiger partial charge in [-0.3, -0.25) is 0 Å². The second kappa shape index (κ2) is 10.4. The lowest BCUT2D eigenvalue weighted by molar-refractivity contribution is -0.400. The third-order valence-electron chi connectivity index (χ3n) is 5.17. The van der Waals surface area contributed by atoms with Gasteiger partial charge in [0.1, 0.15) is 10.1 Å². The smallest absolute Gasteiger partial charge is 0.305 e. The van der Waals surface area contributed by atoms with Gasteiger partial charge in [-0.1, -0.05) is 0 Å². The van der Waals surface area contributed by atoms with E-state index in [1.165, 1.54) is 0 Å². The van der Waals surface area contributed by atoms with E-state index in [0.717, 1.165) is 0 Å². The predicted octanol–water partition coefficient (Wildman–Crippen LogP) is 8.60. The maximum absolute atomic E-state index is 14.2. The van der Waals surface area contributed by atoms with E-state index in [0.29, 0.717) is 0 Å². The van der Waals surface area contributed by atoms with E-state index < -0.39 is 104 Å². The molecule has 0 fully saturated rings. The molecule has 0 aliphatic carbocycles. The van der Waals surface area contributed by atoms with Gasteiger partial charge in [-0.25, -0.2) is 4.39 Å². The fraction of sp³-hybridized carbons (Fsp3) is 0.812. The summed E-state index contributed by atoms with van der Waals surface area (Å²) in [4.78, 5) is 0. The normalized spacial score (nSPS) is 16.4. The number of hydrogen-bond donors (Lipinski definition) is 2. The van der Waals surface area contributed by atoms with Crippen LogP contribution in [0.5, 0.6) is 0 Å². The molecule has 0 saturated heterocycles. The van der Waals surface area contributed by atoms with Gasteiger partial charge in [0.05, 0.1) is 13.1 Å². The molecule has 1 rings (SSSR count). The van der Waals surface area contributed by atoms with E-state index in [4.69, 9.17) is 0 Å². The fourth-order valence-corrected chi connectivity index (χ4v) is 3.78. The van der Waals surface area contributed by atoms with Crippen molar-refractivity contribution in [1.82, 2.24) is 9.13 Å². The van der Waals surface area contributed by atoms with Crippen molar-refractivity contribution in [3.8, 4) is 0 Å². The van der Waals surface area contributed by atoms with Crippen LogP contribution in [-0.4, -0.2) is 68.9 Å². The summed E-state index contributed by atoms with van der Waals surface area (Å²) in [7, 11) is 0. The van der Waals surface area contributed by atoms with Crippen molar-refractivity contribution in [3.05, 3.63) is 4.77 Å². The number of aromatic nitrogens is 2. The molecule has 1 aromatic heterocycles. The van der Waals surface area contributed by atoms with Crippen LogP contribution in [0.15, 0.2) is 10.1 Å². The van der Waals surface area contributed by atoms with E-state index in [9.17, 15) is 87.8 Å². The minimum absolute atomic E-state index is 0.757. The topological polar surface area (TPSA) is 9.86 Å². The van der Waals surface area contributed by atoms with Crippen LogP contribution < -0.4 is 0 Å². The number of halogens is 20. The van der Waals surface area contributed by atoms with E-state index in [1.807, 2.05) is 0 Å². The minimum atomic E-state index is -7.56. The molecule has 0 amide bonds. The largest absolute Gasteiger partial charge is 0.425 e. The van der Waals surface area contributed by atoms with Gasteiger partial charge in [-0.05, 0) is 12.2 Å². The average Bonchev–Trinajstić information content (AvgIpc) is 2.94. The Bertz CT molecular complexity index is 1170. The minimum Gasteiger partial charge on any atom is -0.305 e. The molecule has 1 atom stereocenters. The highest BCUT2D eigenvalue weighted by atomic mass is 32.1. The third-order valence-corrected chi connectivity index (χ3v) is 6.69. The summed E-state index contributed by atoms with van der Waals surface area (Å²) in [5, 5.41) is -3.09. The molecule has 0 radical (unpaired) electrons. The summed E-state index contributed by atoms with van der Waals surface area (Å²) in [6.07, 6.45) is -12.7. The number of hydrogen-bond acceptors (Lipinski definition) is 3. The molecule has 0 aliphatic rings. The van der Waals surface area contributed by atoms with Crippen molar-refractivity contribution in [2.75, 3.05) is 0 Å². The zero-order valence-electron chi connectivity index (χ0n) is 18.7. The van der Waals surface area contributed by atoms with Gasteiger partial charge in [0.25, 0.3) is 6.17 Å². The lowest BCUT2D eigenvalue weighted by atomic mass is 9.95. The molecule has 1 unspecified atom stereocenters. The summed E-state index contributed by atoms with van der Waals surface area (Å²) >= 11 is 10.6. The Balaban J connectivity index is 3.63. The maximum Gasteiger partial charge on any atom is 0.425 e. The highest BCUT2D eigenvalue weighted by Gasteiger charge is 2.85. The Morgan fingerprint density at radius 3 is 1.20 bits per heavy atom. The van der Waals surface area contributed by atoms with Gasteiger partial charge in [-0.2, -0.15) is 83.4 Å². The van der Waals surface area contributed by atoms with Crippen LogP contribution in [0.1, 0.15) is 6.92 Å². The zero-order chi connectivity index (χ0) is 33.4. The van der Waals surface area contributed by atoms with Gasteiger partial charge >= 0.3 is 53.6 Å². The molecule has 25 heteroatoms. The van der Waals surface area contributed by atoms with Crippen molar-refractivity contribution in [1.29, 1.82) is 0 Å². The van der Waals surface area contributed by atoms with Crippen molar-refractivity contribution in [2.45, 2.75) is 89.8 Å².